The van der Waals surface area contributed by atoms with Gasteiger partial charge >= 0.3 is 0 Å². The van der Waals surface area contributed by atoms with Gasteiger partial charge in [-0.15, -0.1) is 0 Å². The van der Waals surface area contributed by atoms with Gasteiger partial charge in [-0.05, 0) is 25.1 Å². The Morgan fingerprint density at radius 2 is 2.23 bits per heavy atom. The summed E-state index contributed by atoms with van der Waals surface area (Å²) in [5, 5.41) is 5.12. The Kier molecular flexibility index (Phi) is 4.57. The van der Waals surface area contributed by atoms with Crippen LogP contribution in [0.2, 0.25) is 5.02 Å². The molecule has 0 fully saturated rings. The van der Waals surface area contributed by atoms with Gasteiger partial charge in [0, 0.05) is 11.6 Å². The standard InChI is InChI=1S/C18H15ClN4O2S/c1-10(15-6-11-4-2-3-5-14(11)25-15)21-16(24)9-26-18-22-13-7-12(19)8-20-17(13)23-18/h2-8,10H,9H2,1H3,(H,21,24)(H,20,22,23). The lowest BCUT2D eigenvalue weighted by atomic mass is 10.2. The molecule has 0 radical (unpaired) electrons. The van der Waals surface area contributed by atoms with Gasteiger partial charge in [0.25, 0.3) is 0 Å². The van der Waals surface area contributed by atoms with Crippen LogP contribution in [0.5, 0.6) is 0 Å². The van der Waals surface area contributed by atoms with Crippen LogP contribution in [0.25, 0.3) is 22.1 Å². The summed E-state index contributed by atoms with van der Waals surface area (Å²) < 4.78 is 5.78. The Bertz CT molecular complexity index is 1060. The van der Waals surface area contributed by atoms with Crippen molar-refractivity contribution in [2.24, 2.45) is 0 Å². The summed E-state index contributed by atoms with van der Waals surface area (Å²) in [5.74, 6) is 0.861. The van der Waals surface area contributed by atoms with E-state index in [9.17, 15) is 4.79 Å². The Morgan fingerprint density at radius 3 is 3.08 bits per heavy atom. The third-order valence-electron chi connectivity index (χ3n) is 3.87. The van der Waals surface area contributed by atoms with Gasteiger partial charge in [-0.25, -0.2) is 9.97 Å². The largest absolute Gasteiger partial charge is 0.459 e. The molecule has 1 unspecified atom stereocenters. The van der Waals surface area contributed by atoms with Crippen LogP contribution in [-0.2, 0) is 4.79 Å². The van der Waals surface area contributed by atoms with E-state index in [4.69, 9.17) is 16.0 Å². The van der Waals surface area contributed by atoms with Crippen LogP contribution in [0, 0.1) is 0 Å². The molecule has 1 aromatic carbocycles. The number of imidazole rings is 1. The number of carbonyl (C=O) groups excluding carboxylic acids is 1. The van der Waals surface area contributed by atoms with E-state index in [0.717, 1.165) is 22.2 Å². The Balaban J connectivity index is 1.38. The van der Waals surface area contributed by atoms with Crippen LogP contribution in [0.4, 0.5) is 0 Å². The van der Waals surface area contributed by atoms with Crippen molar-refractivity contribution in [2.75, 3.05) is 5.75 Å². The topological polar surface area (TPSA) is 83.8 Å². The molecule has 0 spiro atoms. The molecule has 26 heavy (non-hydrogen) atoms. The number of H-pyrrole nitrogens is 1. The minimum Gasteiger partial charge on any atom is -0.459 e. The van der Waals surface area contributed by atoms with Crippen molar-refractivity contribution in [3.8, 4) is 0 Å². The van der Waals surface area contributed by atoms with Crippen LogP contribution in [0.1, 0.15) is 18.7 Å². The number of para-hydroxylation sites is 1. The van der Waals surface area contributed by atoms with Crippen LogP contribution >= 0.6 is 23.4 Å². The van der Waals surface area contributed by atoms with Crippen LogP contribution in [0.15, 0.2) is 52.2 Å². The van der Waals surface area contributed by atoms with Gasteiger partial charge in [0.05, 0.1) is 22.3 Å². The summed E-state index contributed by atoms with van der Waals surface area (Å²) in [5.41, 5.74) is 2.13. The highest BCUT2D eigenvalue weighted by Gasteiger charge is 2.15. The Labute approximate surface area is 158 Å². The first-order valence-corrected chi connectivity index (χ1v) is 9.37. The maximum absolute atomic E-state index is 12.2. The number of nitrogens with zero attached hydrogens (tertiary/aromatic N) is 2. The van der Waals surface area contributed by atoms with E-state index in [2.05, 4.69) is 20.3 Å². The number of thioether (sulfide) groups is 1. The summed E-state index contributed by atoms with van der Waals surface area (Å²) in [4.78, 5) is 23.8. The minimum atomic E-state index is -0.216. The average Bonchev–Trinajstić information content (AvgIpc) is 3.23. The fourth-order valence-corrected chi connectivity index (χ4v) is 3.47. The summed E-state index contributed by atoms with van der Waals surface area (Å²) in [6.07, 6.45) is 1.54. The summed E-state index contributed by atoms with van der Waals surface area (Å²) >= 11 is 7.22. The van der Waals surface area contributed by atoms with Crippen molar-refractivity contribution in [2.45, 2.75) is 18.1 Å². The SMILES string of the molecule is CC(NC(=O)CSc1nc2ncc(Cl)cc2[nH]1)c1cc2ccccc2o1. The number of hydrogen-bond acceptors (Lipinski definition) is 5. The van der Waals surface area contributed by atoms with E-state index in [0.29, 0.717) is 15.8 Å². The lowest BCUT2D eigenvalue weighted by molar-refractivity contribution is -0.119. The highest BCUT2D eigenvalue weighted by Crippen LogP contribution is 2.24. The third-order valence-corrected chi connectivity index (χ3v) is 4.95. The van der Waals surface area contributed by atoms with Crippen molar-refractivity contribution in [1.82, 2.24) is 20.3 Å². The Morgan fingerprint density at radius 1 is 1.38 bits per heavy atom. The zero-order valence-corrected chi connectivity index (χ0v) is 15.4. The predicted octanol–water partition coefficient (Wildman–Crippen LogP) is 4.33. The predicted molar refractivity (Wildman–Crippen MR) is 102 cm³/mol. The fourth-order valence-electron chi connectivity index (χ4n) is 2.62. The molecule has 0 aliphatic rings. The second-order valence-electron chi connectivity index (χ2n) is 5.83. The van der Waals surface area contributed by atoms with Gasteiger partial charge in [0.1, 0.15) is 11.3 Å². The van der Waals surface area contributed by atoms with Crippen molar-refractivity contribution in [3.05, 3.63) is 53.4 Å². The molecule has 4 rings (SSSR count). The zero-order valence-electron chi connectivity index (χ0n) is 13.8. The third kappa shape index (κ3) is 3.54. The second-order valence-corrected chi connectivity index (χ2v) is 7.23. The minimum absolute atomic E-state index is 0.102. The highest BCUT2D eigenvalue weighted by atomic mass is 35.5. The molecule has 4 aromatic rings. The molecule has 1 atom stereocenters. The van der Waals surface area contributed by atoms with Gasteiger partial charge in [0.15, 0.2) is 10.8 Å². The van der Waals surface area contributed by atoms with Crippen LogP contribution < -0.4 is 5.32 Å². The number of hydrogen-bond donors (Lipinski definition) is 2. The molecule has 0 saturated carbocycles. The zero-order chi connectivity index (χ0) is 18.1. The van der Waals surface area contributed by atoms with Crippen molar-refractivity contribution < 1.29 is 9.21 Å². The molecule has 1 amide bonds. The van der Waals surface area contributed by atoms with E-state index in [1.54, 1.807) is 12.3 Å². The number of furan rings is 1. The van der Waals surface area contributed by atoms with Crippen LogP contribution in [-0.4, -0.2) is 26.6 Å². The molecule has 3 aromatic heterocycles. The van der Waals surface area contributed by atoms with Gasteiger partial charge in [-0.2, -0.15) is 0 Å². The fraction of sp³-hybridized carbons (Fsp3) is 0.167. The Hall–Kier alpha value is -2.51. The van der Waals surface area contributed by atoms with Crippen molar-refractivity contribution in [1.29, 1.82) is 0 Å². The summed E-state index contributed by atoms with van der Waals surface area (Å²) in [7, 11) is 0. The number of pyridine rings is 1. The summed E-state index contributed by atoms with van der Waals surface area (Å²) in [6.45, 7) is 1.90. The molecular weight excluding hydrogens is 372 g/mol. The van der Waals surface area contributed by atoms with E-state index in [1.165, 1.54) is 11.8 Å². The van der Waals surface area contributed by atoms with Gasteiger partial charge < -0.3 is 14.7 Å². The highest BCUT2D eigenvalue weighted by molar-refractivity contribution is 7.99. The van der Waals surface area contributed by atoms with Crippen LogP contribution in [0.3, 0.4) is 0 Å². The molecular formula is C18H15ClN4O2S. The molecule has 0 saturated heterocycles. The number of halogens is 1. The van der Waals surface area contributed by atoms with Gasteiger partial charge in [0.2, 0.25) is 5.91 Å². The summed E-state index contributed by atoms with van der Waals surface area (Å²) in [6, 6.07) is 11.3. The quantitative estimate of drug-likeness (QED) is 0.499. The van der Waals surface area contributed by atoms with Gasteiger partial charge in [-0.1, -0.05) is 41.6 Å². The number of nitrogens with one attached hydrogen (secondary N) is 2. The van der Waals surface area contributed by atoms with Crippen molar-refractivity contribution >= 4 is 51.4 Å². The number of rotatable bonds is 5. The van der Waals surface area contributed by atoms with E-state index in [1.807, 2.05) is 37.3 Å². The van der Waals surface area contributed by atoms with Crippen molar-refractivity contribution in [3.63, 3.8) is 0 Å². The molecule has 3 heterocycles. The smallest absolute Gasteiger partial charge is 0.231 e. The normalized spacial score (nSPS) is 12.5. The lowest BCUT2D eigenvalue weighted by Crippen LogP contribution is -2.27. The average molecular weight is 387 g/mol. The monoisotopic (exact) mass is 386 g/mol. The number of amides is 1. The number of aromatic amines is 1. The number of carbonyl (C=O) groups is 1. The molecule has 6 nitrogen and oxygen atoms in total. The maximum Gasteiger partial charge on any atom is 0.231 e. The van der Waals surface area contributed by atoms with E-state index >= 15 is 0 Å². The first-order chi connectivity index (χ1) is 12.6. The number of aromatic nitrogens is 3. The first kappa shape index (κ1) is 16.9. The first-order valence-electron chi connectivity index (χ1n) is 8.00. The second kappa shape index (κ2) is 7.01. The van der Waals surface area contributed by atoms with E-state index in [-0.39, 0.29) is 17.7 Å². The number of fused-ring (bicyclic) bond motifs is 2. The lowest BCUT2D eigenvalue weighted by Gasteiger charge is -2.10. The molecule has 8 heteroatoms. The van der Waals surface area contributed by atoms with Gasteiger partial charge in [-0.3, -0.25) is 4.79 Å². The molecule has 0 aliphatic carbocycles. The number of benzene rings is 1. The van der Waals surface area contributed by atoms with E-state index < -0.39 is 0 Å². The molecule has 0 bridgehead atoms. The molecule has 0 aliphatic heterocycles. The molecule has 132 valence electrons. The maximum atomic E-state index is 12.2. The molecule has 2 N–H and O–H groups in total.